The Morgan fingerprint density at radius 1 is 1.16 bits per heavy atom. The highest BCUT2D eigenvalue weighted by Crippen LogP contribution is 2.68. The Morgan fingerprint density at radius 2 is 1.79 bits per heavy atom. The van der Waals surface area contributed by atoms with E-state index in [4.69, 9.17) is 12.2 Å². The molecular weight excluding hydrogens is 252 g/mol. The Kier molecular flexibility index (Phi) is 2.16. The van der Waals surface area contributed by atoms with Gasteiger partial charge in [-0.15, -0.1) is 0 Å². The predicted octanol–water partition coefficient (Wildman–Crippen LogP) is 4.56. The highest BCUT2D eigenvalue weighted by molar-refractivity contribution is 7.71. The molecule has 0 spiro atoms. The van der Waals surface area contributed by atoms with E-state index >= 15 is 0 Å². The van der Waals surface area contributed by atoms with Gasteiger partial charge in [0.2, 0.25) is 0 Å². The molecule has 2 atom stereocenters. The molecule has 5 rings (SSSR count). The molecule has 1 N–H and O–H groups in total. The first-order valence-corrected chi connectivity index (χ1v) is 8.01. The van der Waals surface area contributed by atoms with E-state index in [1.807, 2.05) is 0 Å². The summed E-state index contributed by atoms with van der Waals surface area (Å²) in [5.74, 6) is 0.920. The minimum absolute atomic E-state index is 0.310. The van der Waals surface area contributed by atoms with Gasteiger partial charge in [0.15, 0.2) is 4.77 Å². The lowest BCUT2D eigenvalue weighted by atomic mass is 9.42. The average Bonchev–Trinajstić information content (AvgIpc) is 2.52. The van der Waals surface area contributed by atoms with Crippen molar-refractivity contribution in [2.75, 3.05) is 0 Å². The van der Waals surface area contributed by atoms with E-state index in [0.29, 0.717) is 16.4 Å². The van der Waals surface area contributed by atoms with Crippen LogP contribution in [0, 0.1) is 28.4 Å². The Hall–Kier alpha value is -0.570. The summed E-state index contributed by atoms with van der Waals surface area (Å²) in [6, 6.07) is 0. The van der Waals surface area contributed by atoms with Gasteiger partial charge in [0.1, 0.15) is 0 Å². The lowest BCUT2D eigenvalue weighted by Crippen LogP contribution is -2.59. The van der Waals surface area contributed by atoms with E-state index in [0.717, 1.165) is 10.7 Å². The number of aromatic amines is 1. The molecule has 0 aromatic carbocycles. The van der Waals surface area contributed by atoms with Crippen molar-refractivity contribution in [2.24, 2.45) is 16.7 Å². The second kappa shape index (κ2) is 3.36. The summed E-state index contributed by atoms with van der Waals surface area (Å²) in [5.41, 5.74) is 2.61. The van der Waals surface area contributed by atoms with Crippen molar-refractivity contribution in [2.45, 2.75) is 64.8 Å². The fourth-order valence-electron chi connectivity index (χ4n) is 6.52. The highest BCUT2D eigenvalue weighted by Gasteiger charge is 2.60. The van der Waals surface area contributed by atoms with Crippen LogP contribution in [0.5, 0.6) is 0 Å². The zero-order valence-corrected chi connectivity index (χ0v) is 13.1. The normalized spacial score (nSPS) is 47.8. The van der Waals surface area contributed by atoms with Crippen molar-refractivity contribution < 1.29 is 0 Å². The third-order valence-corrected chi connectivity index (χ3v) is 6.25. The summed E-state index contributed by atoms with van der Waals surface area (Å²) in [6.45, 7) is 7.16. The molecular formula is C16H24N2S. The van der Waals surface area contributed by atoms with Crippen LogP contribution in [0.3, 0.4) is 0 Å². The van der Waals surface area contributed by atoms with Gasteiger partial charge in [0, 0.05) is 17.4 Å². The standard InChI is InChI=1S/C16H24N2S/c1-11-7-18(13(19)17-11)16-6-12-4-14(2,9-16)8-15(3,5-12)10-16/h7,12H,4-6,8-10H2,1-3H3,(H,17,19). The largest absolute Gasteiger partial charge is 0.335 e. The van der Waals surface area contributed by atoms with E-state index in [1.54, 1.807) is 0 Å². The van der Waals surface area contributed by atoms with Crippen molar-refractivity contribution in [3.8, 4) is 0 Å². The van der Waals surface area contributed by atoms with Crippen molar-refractivity contribution in [1.29, 1.82) is 0 Å². The molecule has 4 aliphatic rings. The molecule has 4 bridgehead atoms. The maximum atomic E-state index is 5.59. The maximum absolute atomic E-state index is 5.59. The third kappa shape index (κ3) is 1.63. The summed E-state index contributed by atoms with van der Waals surface area (Å²) in [6.07, 6.45) is 10.6. The molecule has 4 aliphatic carbocycles. The zero-order chi connectivity index (χ0) is 13.5. The van der Waals surface area contributed by atoms with Crippen LogP contribution in [-0.2, 0) is 5.54 Å². The molecule has 2 unspecified atom stereocenters. The number of aromatic nitrogens is 2. The van der Waals surface area contributed by atoms with Gasteiger partial charge in [0.05, 0.1) is 0 Å². The average molecular weight is 276 g/mol. The molecule has 3 heteroatoms. The summed E-state index contributed by atoms with van der Waals surface area (Å²) < 4.78 is 3.37. The van der Waals surface area contributed by atoms with E-state index in [-0.39, 0.29) is 0 Å². The number of rotatable bonds is 1. The van der Waals surface area contributed by atoms with Gasteiger partial charge in [-0.2, -0.15) is 0 Å². The minimum Gasteiger partial charge on any atom is -0.335 e. The van der Waals surface area contributed by atoms with E-state index < -0.39 is 0 Å². The number of imidazole rings is 1. The van der Waals surface area contributed by atoms with Gasteiger partial charge in [-0.05, 0) is 74.4 Å². The van der Waals surface area contributed by atoms with Gasteiger partial charge in [-0.25, -0.2) is 0 Å². The first kappa shape index (κ1) is 12.2. The lowest BCUT2D eigenvalue weighted by Gasteiger charge is -2.65. The van der Waals surface area contributed by atoms with Crippen LogP contribution in [-0.4, -0.2) is 9.55 Å². The van der Waals surface area contributed by atoms with Crippen molar-refractivity contribution in [3.05, 3.63) is 16.7 Å². The van der Waals surface area contributed by atoms with E-state index in [2.05, 4.69) is 36.5 Å². The molecule has 2 nitrogen and oxygen atoms in total. The molecule has 0 amide bonds. The predicted molar refractivity (Wildman–Crippen MR) is 79.7 cm³/mol. The summed E-state index contributed by atoms with van der Waals surface area (Å²) in [7, 11) is 0. The Labute approximate surface area is 120 Å². The molecule has 1 aromatic heterocycles. The van der Waals surface area contributed by atoms with Crippen LogP contribution >= 0.6 is 12.2 Å². The monoisotopic (exact) mass is 276 g/mol. The lowest BCUT2D eigenvalue weighted by molar-refractivity contribution is -0.136. The molecule has 19 heavy (non-hydrogen) atoms. The Bertz CT molecular complexity index is 578. The fourth-order valence-corrected chi connectivity index (χ4v) is 6.93. The number of H-pyrrole nitrogens is 1. The van der Waals surface area contributed by atoms with Crippen molar-refractivity contribution in [3.63, 3.8) is 0 Å². The van der Waals surface area contributed by atoms with Gasteiger partial charge in [-0.3, -0.25) is 0 Å². The van der Waals surface area contributed by atoms with Crippen LogP contribution in [0.2, 0.25) is 0 Å². The van der Waals surface area contributed by atoms with Gasteiger partial charge in [-0.1, -0.05) is 13.8 Å². The number of nitrogens with zero attached hydrogens (tertiary/aromatic N) is 1. The zero-order valence-electron chi connectivity index (χ0n) is 12.3. The highest BCUT2D eigenvalue weighted by atomic mass is 32.1. The smallest absolute Gasteiger partial charge is 0.177 e. The SMILES string of the molecule is Cc1cn(C23CC4CC(C)(CC(C)(C4)C2)C3)c(=S)[nH]1. The number of nitrogens with one attached hydrogen (secondary N) is 1. The Balaban J connectivity index is 1.87. The first-order chi connectivity index (χ1) is 8.82. The summed E-state index contributed by atoms with van der Waals surface area (Å²) in [4.78, 5) is 3.34. The van der Waals surface area contributed by atoms with E-state index in [1.165, 1.54) is 44.2 Å². The van der Waals surface area contributed by atoms with Crippen LogP contribution in [0.1, 0.15) is 58.1 Å². The van der Waals surface area contributed by atoms with Crippen molar-refractivity contribution in [1.82, 2.24) is 9.55 Å². The van der Waals surface area contributed by atoms with Gasteiger partial charge in [0.25, 0.3) is 0 Å². The molecule has 4 fully saturated rings. The first-order valence-electron chi connectivity index (χ1n) is 7.60. The second-order valence-corrected chi connectivity index (χ2v) is 8.85. The van der Waals surface area contributed by atoms with Crippen molar-refractivity contribution >= 4 is 12.2 Å². The molecule has 1 heterocycles. The third-order valence-electron chi connectivity index (χ3n) is 5.95. The molecule has 4 saturated carbocycles. The fraction of sp³-hybridized carbons (Fsp3) is 0.812. The van der Waals surface area contributed by atoms with Crippen LogP contribution in [0.25, 0.3) is 0 Å². The van der Waals surface area contributed by atoms with Crippen LogP contribution < -0.4 is 0 Å². The van der Waals surface area contributed by atoms with Gasteiger partial charge < -0.3 is 9.55 Å². The Morgan fingerprint density at radius 3 is 2.26 bits per heavy atom. The van der Waals surface area contributed by atoms with E-state index in [9.17, 15) is 0 Å². The molecule has 0 radical (unpaired) electrons. The molecule has 0 aliphatic heterocycles. The van der Waals surface area contributed by atoms with Gasteiger partial charge >= 0.3 is 0 Å². The number of hydrogen-bond donors (Lipinski definition) is 1. The maximum Gasteiger partial charge on any atom is 0.177 e. The van der Waals surface area contributed by atoms with Crippen LogP contribution in [0.15, 0.2) is 6.20 Å². The molecule has 1 aromatic rings. The minimum atomic E-state index is 0.310. The number of aryl methyl sites for hydroxylation is 1. The second-order valence-electron chi connectivity index (χ2n) is 8.47. The summed E-state index contributed by atoms with van der Waals surface area (Å²) >= 11 is 5.59. The molecule has 0 saturated heterocycles. The topological polar surface area (TPSA) is 20.7 Å². The summed E-state index contributed by atoms with van der Waals surface area (Å²) in [5, 5.41) is 0. The molecule has 104 valence electrons. The number of hydrogen-bond acceptors (Lipinski definition) is 1. The van der Waals surface area contributed by atoms with Crippen LogP contribution in [0.4, 0.5) is 0 Å². The quantitative estimate of drug-likeness (QED) is 0.746.